The Labute approximate surface area is 144 Å². The lowest BCUT2D eigenvalue weighted by atomic mass is 10.1. The minimum atomic E-state index is -0.489. The van der Waals surface area contributed by atoms with Gasteiger partial charge < -0.3 is 19.7 Å². The van der Waals surface area contributed by atoms with E-state index in [0.717, 1.165) is 0 Å². The molecule has 2 aliphatic rings. The van der Waals surface area contributed by atoms with Gasteiger partial charge in [-0.25, -0.2) is 9.78 Å². The zero-order chi connectivity index (χ0) is 18.0. The van der Waals surface area contributed by atoms with Crippen molar-refractivity contribution in [3.63, 3.8) is 0 Å². The molecule has 0 bridgehead atoms. The fourth-order valence-electron chi connectivity index (χ4n) is 2.85. The number of hydrogen-bond acceptors (Lipinski definition) is 6. The van der Waals surface area contributed by atoms with Crippen LogP contribution in [0.25, 0.3) is 0 Å². The molecule has 1 aromatic heterocycles. The molecule has 0 aliphatic carbocycles. The van der Waals surface area contributed by atoms with E-state index < -0.39 is 6.09 Å². The highest BCUT2D eigenvalue weighted by atomic mass is 16.6. The number of rotatable bonds is 6. The minimum Gasteiger partial charge on any atom is -0.481 e. The van der Waals surface area contributed by atoms with Gasteiger partial charge in [0.05, 0.1) is 31.5 Å². The van der Waals surface area contributed by atoms with Crippen molar-refractivity contribution in [2.24, 2.45) is 0 Å². The van der Waals surface area contributed by atoms with Gasteiger partial charge in [-0.3, -0.25) is 14.5 Å². The molecule has 1 aromatic rings. The number of aromatic nitrogens is 1. The van der Waals surface area contributed by atoms with Gasteiger partial charge in [0.2, 0.25) is 11.8 Å². The molecule has 3 amide bonds. The predicted molar refractivity (Wildman–Crippen MR) is 86.0 cm³/mol. The van der Waals surface area contributed by atoms with Crippen LogP contribution >= 0.6 is 0 Å². The maximum atomic E-state index is 12.3. The number of cyclic esters (lactones) is 1. The number of nitrogens with zero attached hydrogens (tertiary/aromatic N) is 3. The third kappa shape index (κ3) is 3.35. The molecule has 1 fully saturated rings. The molecule has 0 unspecified atom stereocenters. The Kier molecular flexibility index (Phi) is 4.73. The average molecular weight is 348 g/mol. The van der Waals surface area contributed by atoms with Gasteiger partial charge in [0.15, 0.2) is 0 Å². The van der Waals surface area contributed by atoms with E-state index in [9.17, 15) is 14.4 Å². The number of nitrogens with one attached hydrogen (secondary N) is 1. The van der Waals surface area contributed by atoms with E-state index in [0.29, 0.717) is 48.9 Å². The summed E-state index contributed by atoms with van der Waals surface area (Å²) in [7, 11) is 1.49. The molecule has 0 saturated carbocycles. The van der Waals surface area contributed by atoms with Crippen LogP contribution in [-0.2, 0) is 22.6 Å². The molecule has 25 heavy (non-hydrogen) atoms. The third-order valence-corrected chi connectivity index (χ3v) is 4.23. The number of carbonyl (C=O) groups is 3. The molecular weight excluding hydrogens is 328 g/mol. The number of hydrogen-bond donors (Lipinski definition) is 1. The Morgan fingerprint density at radius 3 is 2.84 bits per heavy atom. The zero-order valence-corrected chi connectivity index (χ0v) is 14.2. The van der Waals surface area contributed by atoms with Gasteiger partial charge in [0, 0.05) is 18.7 Å². The SMILES string of the molecule is CCN1Cc2nc(OC)c(CNC(=O)CN3CCOC3=O)cc2C1=O. The van der Waals surface area contributed by atoms with Crippen LogP contribution in [0.4, 0.5) is 4.79 Å². The second kappa shape index (κ2) is 6.96. The normalized spacial score (nSPS) is 16.1. The molecule has 3 heterocycles. The summed E-state index contributed by atoms with van der Waals surface area (Å²) in [5.74, 6) is -0.00617. The Hall–Kier alpha value is -2.84. The van der Waals surface area contributed by atoms with Crippen molar-refractivity contribution < 1.29 is 23.9 Å². The number of amides is 3. The van der Waals surface area contributed by atoms with Crippen molar-refractivity contribution in [1.29, 1.82) is 0 Å². The first-order chi connectivity index (χ1) is 12.0. The van der Waals surface area contributed by atoms with Crippen LogP contribution in [0, 0.1) is 0 Å². The highest BCUT2D eigenvalue weighted by molar-refractivity contribution is 5.98. The monoisotopic (exact) mass is 348 g/mol. The van der Waals surface area contributed by atoms with Crippen LogP contribution in [-0.4, -0.2) is 66.0 Å². The average Bonchev–Trinajstić information content (AvgIpc) is 3.15. The molecule has 9 heteroatoms. The van der Waals surface area contributed by atoms with E-state index in [-0.39, 0.29) is 24.9 Å². The number of methoxy groups -OCH3 is 1. The molecule has 134 valence electrons. The third-order valence-electron chi connectivity index (χ3n) is 4.23. The Bertz CT molecular complexity index is 721. The highest BCUT2D eigenvalue weighted by Crippen LogP contribution is 2.26. The van der Waals surface area contributed by atoms with Crippen LogP contribution < -0.4 is 10.1 Å². The Balaban J connectivity index is 1.68. The first kappa shape index (κ1) is 17.0. The van der Waals surface area contributed by atoms with E-state index in [1.807, 2.05) is 6.92 Å². The highest BCUT2D eigenvalue weighted by Gasteiger charge is 2.29. The van der Waals surface area contributed by atoms with Gasteiger partial charge in [-0.2, -0.15) is 0 Å². The molecule has 0 spiro atoms. The van der Waals surface area contributed by atoms with Crippen molar-refractivity contribution >= 4 is 17.9 Å². The van der Waals surface area contributed by atoms with Crippen molar-refractivity contribution in [2.45, 2.75) is 20.0 Å². The van der Waals surface area contributed by atoms with Crippen molar-refractivity contribution in [3.8, 4) is 5.88 Å². The minimum absolute atomic E-state index is 0.0674. The maximum Gasteiger partial charge on any atom is 0.410 e. The Morgan fingerprint density at radius 2 is 2.20 bits per heavy atom. The summed E-state index contributed by atoms with van der Waals surface area (Å²) in [6.45, 7) is 3.76. The van der Waals surface area contributed by atoms with Crippen LogP contribution in [0.1, 0.15) is 28.5 Å². The van der Waals surface area contributed by atoms with Crippen LogP contribution in [0.15, 0.2) is 6.07 Å². The summed E-state index contributed by atoms with van der Waals surface area (Å²) in [4.78, 5) is 43.1. The summed E-state index contributed by atoms with van der Waals surface area (Å²) in [6, 6.07) is 1.71. The van der Waals surface area contributed by atoms with Gasteiger partial charge >= 0.3 is 6.09 Å². The predicted octanol–water partition coefficient (Wildman–Crippen LogP) is 0.134. The summed E-state index contributed by atoms with van der Waals surface area (Å²) in [5.41, 5.74) is 1.83. The first-order valence-corrected chi connectivity index (χ1v) is 8.08. The van der Waals surface area contributed by atoms with Gasteiger partial charge in [0.25, 0.3) is 5.91 Å². The maximum absolute atomic E-state index is 12.3. The quantitative estimate of drug-likeness (QED) is 0.784. The molecule has 2 aliphatic heterocycles. The molecule has 0 atom stereocenters. The summed E-state index contributed by atoms with van der Waals surface area (Å²) < 4.78 is 10.1. The molecule has 9 nitrogen and oxygen atoms in total. The summed E-state index contributed by atoms with van der Waals surface area (Å²) >= 11 is 0. The zero-order valence-electron chi connectivity index (χ0n) is 14.2. The second-order valence-corrected chi connectivity index (χ2v) is 5.78. The summed E-state index contributed by atoms with van der Waals surface area (Å²) in [6.07, 6.45) is -0.489. The topological polar surface area (TPSA) is 101 Å². The summed E-state index contributed by atoms with van der Waals surface area (Å²) in [5, 5.41) is 2.72. The largest absolute Gasteiger partial charge is 0.481 e. The van der Waals surface area contributed by atoms with Gasteiger partial charge in [-0.1, -0.05) is 0 Å². The van der Waals surface area contributed by atoms with E-state index in [2.05, 4.69) is 10.3 Å². The van der Waals surface area contributed by atoms with Crippen LogP contribution in [0.2, 0.25) is 0 Å². The Morgan fingerprint density at radius 1 is 1.40 bits per heavy atom. The fraction of sp³-hybridized carbons (Fsp3) is 0.500. The number of carbonyl (C=O) groups excluding carboxylic acids is 3. The van der Waals surface area contributed by atoms with Crippen molar-refractivity contribution in [3.05, 3.63) is 22.9 Å². The molecule has 3 rings (SSSR count). The first-order valence-electron chi connectivity index (χ1n) is 8.08. The van der Waals surface area contributed by atoms with Gasteiger partial charge in [-0.05, 0) is 13.0 Å². The fourth-order valence-corrected chi connectivity index (χ4v) is 2.85. The van der Waals surface area contributed by atoms with Crippen molar-refractivity contribution in [2.75, 3.05) is 33.4 Å². The molecule has 1 saturated heterocycles. The van der Waals surface area contributed by atoms with Gasteiger partial charge in [-0.15, -0.1) is 0 Å². The van der Waals surface area contributed by atoms with E-state index in [1.165, 1.54) is 12.0 Å². The molecule has 1 N–H and O–H groups in total. The lowest BCUT2D eigenvalue weighted by Crippen LogP contribution is -2.37. The lowest BCUT2D eigenvalue weighted by molar-refractivity contribution is -0.121. The van der Waals surface area contributed by atoms with E-state index >= 15 is 0 Å². The van der Waals surface area contributed by atoms with E-state index in [4.69, 9.17) is 9.47 Å². The van der Waals surface area contributed by atoms with Crippen LogP contribution in [0.5, 0.6) is 5.88 Å². The van der Waals surface area contributed by atoms with Crippen molar-refractivity contribution in [1.82, 2.24) is 20.1 Å². The lowest BCUT2D eigenvalue weighted by Gasteiger charge is -2.13. The van der Waals surface area contributed by atoms with Crippen LogP contribution in [0.3, 0.4) is 0 Å². The number of ether oxygens (including phenoxy) is 2. The standard InChI is InChI=1S/C16H20N4O5/c1-3-19-8-12-11(15(19)22)6-10(14(18-12)24-2)7-17-13(21)9-20-4-5-25-16(20)23/h6H,3-5,7-9H2,1-2H3,(H,17,21). The molecule has 0 radical (unpaired) electrons. The number of fused-ring (bicyclic) bond motifs is 1. The van der Waals surface area contributed by atoms with Gasteiger partial charge in [0.1, 0.15) is 13.2 Å². The smallest absolute Gasteiger partial charge is 0.410 e. The molecular formula is C16H20N4O5. The second-order valence-electron chi connectivity index (χ2n) is 5.78. The van der Waals surface area contributed by atoms with E-state index in [1.54, 1.807) is 11.0 Å². The number of pyridine rings is 1. The molecule has 0 aromatic carbocycles.